The van der Waals surface area contributed by atoms with Crippen LogP contribution >= 0.6 is 33.9 Å². The lowest BCUT2D eigenvalue weighted by molar-refractivity contribution is 0.219. The molecule has 0 amide bonds. The first-order valence-corrected chi connectivity index (χ1v) is 9.67. The molecule has 0 saturated heterocycles. The zero-order valence-corrected chi connectivity index (χ0v) is 15.1. The van der Waals surface area contributed by atoms with E-state index in [9.17, 15) is 0 Å². The summed E-state index contributed by atoms with van der Waals surface area (Å²) in [4.78, 5) is 0. The van der Waals surface area contributed by atoms with Crippen LogP contribution in [0, 0.1) is 14.7 Å². The molecule has 1 nitrogen and oxygen atoms in total. The quantitative estimate of drug-likeness (QED) is 0.622. The predicted octanol–water partition coefficient (Wildman–Crippen LogP) is 5.61. The van der Waals surface area contributed by atoms with E-state index in [1.807, 2.05) is 11.3 Å². The minimum Gasteiger partial charge on any atom is -0.310 e. The fourth-order valence-electron chi connectivity index (χ4n) is 3.27. The number of thiophene rings is 1. The van der Waals surface area contributed by atoms with Crippen molar-refractivity contribution in [3.05, 3.63) is 19.9 Å². The average molecular weight is 391 g/mol. The van der Waals surface area contributed by atoms with E-state index in [0.29, 0.717) is 6.04 Å². The third kappa shape index (κ3) is 4.43. The van der Waals surface area contributed by atoms with Gasteiger partial charge in [-0.3, -0.25) is 0 Å². The van der Waals surface area contributed by atoms with Crippen molar-refractivity contribution in [3.63, 3.8) is 0 Å². The molecule has 19 heavy (non-hydrogen) atoms. The van der Waals surface area contributed by atoms with Crippen LogP contribution in [0.25, 0.3) is 0 Å². The molecule has 1 saturated carbocycles. The lowest BCUT2D eigenvalue weighted by atomic mass is 9.76. The SMILES string of the molecule is CCCNC(c1csc(I)c1)C1CCC(CC)CC1. The molecule has 3 heteroatoms. The van der Waals surface area contributed by atoms with Crippen molar-refractivity contribution in [3.8, 4) is 0 Å². The molecule has 1 aliphatic rings. The number of hydrogen-bond acceptors (Lipinski definition) is 2. The summed E-state index contributed by atoms with van der Waals surface area (Å²) >= 11 is 4.32. The summed E-state index contributed by atoms with van der Waals surface area (Å²) in [5.41, 5.74) is 1.53. The van der Waals surface area contributed by atoms with E-state index < -0.39 is 0 Å². The van der Waals surface area contributed by atoms with E-state index in [4.69, 9.17) is 0 Å². The van der Waals surface area contributed by atoms with E-state index in [-0.39, 0.29) is 0 Å². The van der Waals surface area contributed by atoms with E-state index in [1.54, 1.807) is 0 Å². The van der Waals surface area contributed by atoms with Crippen molar-refractivity contribution < 1.29 is 0 Å². The van der Waals surface area contributed by atoms with Crippen molar-refractivity contribution in [1.82, 2.24) is 5.32 Å². The Morgan fingerprint density at radius 3 is 2.58 bits per heavy atom. The Labute approximate surface area is 135 Å². The third-order valence-electron chi connectivity index (χ3n) is 4.50. The topological polar surface area (TPSA) is 12.0 Å². The molecular formula is C16H26INS. The van der Waals surface area contributed by atoms with Gasteiger partial charge >= 0.3 is 0 Å². The Bertz CT molecular complexity index is 369. The van der Waals surface area contributed by atoms with Gasteiger partial charge in [0, 0.05) is 6.04 Å². The molecule has 108 valence electrons. The van der Waals surface area contributed by atoms with Gasteiger partial charge in [0.2, 0.25) is 0 Å². The van der Waals surface area contributed by atoms with Crippen LogP contribution in [0.2, 0.25) is 0 Å². The molecule has 1 atom stereocenters. The van der Waals surface area contributed by atoms with Gasteiger partial charge in [-0.2, -0.15) is 0 Å². The standard InChI is InChI=1S/C16H26INS/c1-3-9-18-16(14-10-15(17)19-11-14)13-7-5-12(4-2)6-8-13/h10-13,16,18H,3-9H2,1-2H3. The number of hydrogen-bond donors (Lipinski definition) is 1. The molecule has 1 aliphatic carbocycles. The largest absolute Gasteiger partial charge is 0.310 e. The minimum atomic E-state index is 0.595. The highest BCUT2D eigenvalue weighted by molar-refractivity contribution is 14.1. The van der Waals surface area contributed by atoms with Crippen molar-refractivity contribution in [2.24, 2.45) is 11.8 Å². The highest BCUT2D eigenvalue weighted by atomic mass is 127. The Kier molecular flexibility index (Phi) is 6.63. The molecule has 0 bridgehead atoms. The van der Waals surface area contributed by atoms with Gasteiger partial charge in [-0.25, -0.2) is 0 Å². The lowest BCUT2D eigenvalue weighted by Crippen LogP contribution is -2.31. The first-order chi connectivity index (χ1) is 9.24. The van der Waals surface area contributed by atoms with Gasteiger partial charge in [-0.05, 0) is 77.2 Å². The fourth-order valence-corrected chi connectivity index (χ4v) is 4.68. The summed E-state index contributed by atoms with van der Waals surface area (Å²) in [6.07, 6.45) is 8.29. The monoisotopic (exact) mass is 391 g/mol. The Morgan fingerprint density at radius 1 is 1.32 bits per heavy atom. The van der Waals surface area contributed by atoms with Gasteiger partial charge in [0.25, 0.3) is 0 Å². The highest BCUT2D eigenvalue weighted by Gasteiger charge is 2.28. The highest BCUT2D eigenvalue weighted by Crippen LogP contribution is 2.39. The predicted molar refractivity (Wildman–Crippen MR) is 93.8 cm³/mol. The first-order valence-electron chi connectivity index (χ1n) is 7.71. The van der Waals surface area contributed by atoms with Gasteiger partial charge in [0.15, 0.2) is 0 Å². The van der Waals surface area contributed by atoms with Gasteiger partial charge < -0.3 is 5.32 Å². The number of nitrogens with one attached hydrogen (secondary N) is 1. The van der Waals surface area contributed by atoms with Crippen LogP contribution in [-0.4, -0.2) is 6.54 Å². The van der Waals surface area contributed by atoms with Crippen LogP contribution in [0.5, 0.6) is 0 Å². The first kappa shape index (κ1) is 15.8. The number of rotatable bonds is 6. The maximum atomic E-state index is 3.80. The maximum Gasteiger partial charge on any atom is 0.0656 e. The van der Waals surface area contributed by atoms with E-state index in [2.05, 4.69) is 53.2 Å². The summed E-state index contributed by atoms with van der Waals surface area (Å²) in [5, 5.41) is 6.17. The Morgan fingerprint density at radius 2 is 2.05 bits per heavy atom. The summed E-state index contributed by atoms with van der Waals surface area (Å²) in [5.74, 6) is 1.84. The van der Waals surface area contributed by atoms with Gasteiger partial charge in [-0.1, -0.05) is 33.1 Å². The molecule has 0 spiro atoms. The van der Waals surface area contributed by atoms with Crippen molar-refractivity contribution in [2.45, 2.75) is 58.4 Å². The maximum absolute atomic E-state index is 3.80. The van der Waals surface area contributed by atoms with Crippen LogP contribution in [0.1, 0.15) is 64.0 Å². The Balaban J connectivity index is 2.01. The van der Waals surface area contributed by atoms with E-state index in [1.165, 1.54) is 47.0 Å². The molecule has 0 radical (unpaired) electrons. The van der Waals surface area contributed by atoms with Crippen LogP contribution < -0.4 is 5.32 Å². The van der Waals surface area contributed by atoms with Gasteiger partial charge in [0.05, 0.1) is 2.88 Å². The van der Waals surface area contributed by atoms with Crippen molar-refractivity contribution in [2.75, 3.05) is 6.54 Å². The van der Waals surface area contributed by atoms with Crippen LogP contribution in [0.15, 0.2) is 11.4 Å². The molecule has 1 aromatic heterocycles. The number of halogens is 1. The van der Waals surface area contributed by atoms with Crippen LogP contribution in [0.3, 0.4) is 0 Å². The molecule has 1 N–H and O–H groups in total. The van der Waals surface area contributed by atoms with Crippen molar-refractivity contribution >= 4 is 33.9 Å². The smallest absolute Gasteiger partial charge is 0.0656 e. The van der Waals surface area contributed by atoms with E-state index >= 15 is 0 Å². The molecule has 0 aromatic carbocycles. The van der Waals surface area contributed by atoms with Crippen LogP contribution in [-0.2, 0) is 0 Å². The molecule has 0 aliphatic heterocycles. The van der Waals surface area contributed by atoms with Gasteiger partial charge in [-0.15, -0.1) is 11.3 Å². The minimum absolute atomic E-state index is 0.595. The van der Waals surface area contributed by atoms with E-state index in [0.717, 1.165) is 18.4 Å². The summed E-state index contributed by atoms with van der Waals surface area (Å²) in [6.45, 7) is 5.75. The molecule has 1 unspecified atom stereocenters. The zero-order chi connectivity index (χ0) is 13.7. The molecule has 2 rings (SSSR count). The van der Waals surface area contributed by atoms with Crippen molar-refractivity contribution in [1.29, 1.82) is 0 Å². The third-order valence-corrected chi connectivity index (χ3v) is 6.31. The lowest BCUT2D eigenvalue weighted by Gasteiger charge is -2.34. The fraction of sp³-hybridized carbons (Fsp3) is 0.750. The Hall–Kier alpha value is 0.390. The second kappa shape index (κ2) is 7.99. The normalized spacial score (nSPS) is 25.4. The summed E-state index contributed by atoms with van der Waals surface area (Å²) < 4.78 is 1.41. The van der Waals surface area contributed by atoms with Crippen LogP contribution in [0.4, 0.5) is 0 Å². The summed E-state index contributed by atoms with van der Waals surface area (Å²) in [7, 11) is 0. The molecule has 1 aromatic rings. The molecular weight excluding hydrogens is 365 g/mol. The van der Waals surface area contributed by atoms with Gasteiger partial charge in [0.1, 0.15) is 0 Å². The zero-order valence-electron chi connectivity index (χ0n) is 12.1. The molecule has 1 heterocycles. The average Bonchev–Trinajstić information content (AvgIpc) is 2.86. The second-order valence-electron chi connectivity index (χ2n) is 5.81. The molecule has 1 fully saturated rings. The summed E-state index contributed by atoms with van der Waals surface area (Å²) in [6, 6.07) is 2.97. The second-order valence-corrected chi connectivity index (χ2v) is 8.61.